The molecule has 7 heteroatoms. The molecule has 2 atom stereocenters. The molecule has 1 heterocycles. The predicted molar refractivity (Wildman–Crippen MR) is 69.6 cm³/mol. The second-order valence-corrected chi connectivity index (χ2v) is 4.89. The second-order valence-electron chi connectivity index (χ2n) is 4.89. The number of likely N-dealkylation sites (N-methyl/N-ethyl adjacent to an activating group) is 1. The van der Waals surface area contributed by atoms with E-state index >= 15 is 0 Å². The van der Waals surface area contributed by atoms with Crippen molar-refractivity contribution in [2.24, 2.45) is 0 Å². The zero-order chi connectivity index (χ0) is 15.7. The molecule has 0 aliphatic rings. The first-order chi connectivity index (χ1) is 9.80. The molecule has 1 aromatic heterocycles. The quantitative estimate of drug-likeness (QED) is 0.834. The van der Waals surface area contributed by atoms with E-state index in [1.54, 1.807) is 12.1 Å². The van der Waals surface area contributed by atoms with E-state index in [1.165, 1.54) is 25.4 Å². The molecule has 0 radical (unpaired) electrons. The third-order valence-corrected chi connectivity index (χ3v) is 3.52. The molecule has 0 saturated carbocycles. The summed E-state index contributed by atoms with van der Waals surface area (Å²) >= 11 is 0. The van der Waals surface area contributed by atoms with Gasteiger partial charge in [0, 0.05) is 5.39 Å². The van der Waals surface area contributed by atoms with Crippen LogP contribution in [0.3, 0.4) is 0 Å². The lowest BCUT2D eigenvalue weighted by molar-refractivity contribution is -0.158. The molecule has 21 heavy (non-hydrogen) atoms. The normalized spacial score (nSPS) is 16.9. The fourth-order valence-electron chi connectivity index (χ4n) is 2.34. The first kappa shape index (κ1) is 15.8. The van der Waals surface area contributed by atoms with E-state index in [2.05, 4.69) is 5.32 Å². The number of halogens is 4. The highest BCUT2D eigenvalue weighted by Gasteiger charge is 2.44. The Labute approximate surface area is 118 Å². The van der Waals surface area contributed by atoms with Gasteiger partial charge in [-0.15, -0.1) is 0 Å². The Morgan fingerprint density at radius 2 is 2.00 bits per heavy atom. The molecule has 2 rings (SSSR count). The average Bonchev–Trinajstić information content (AvgIpc) is 2.90. The van der Waals surface area contributed by atoms with E-state index in [0.717, 1.165) is 5.39 Å². The maximum Gasteiger partial charge on any atom is 0.390 e. The summed E-state index contributed by atoms with van der Waals surface area (Å²) in [4.78, 5) is 0. The summed E-state index contributed by atoms with van der Waals surface area (Å²) in [7, 11) is 1.25. The van der Waals surface area contributed by atoms with Crippen LogP contribution in [-0.4, -0.2) is 31.0 Å². The zero-order valence-corrected chi connectivity index (χ0v) is 11.2. The van der Waals surface area contributed by atoms with Gasteiger partial charge in [-0.05, 0) is 24.7 Å². The number of fused-ring (bicyclic) bond motifs is 1. The van der Waals surface area contributed by atoms with Gasteiger partial charge < -0.3 is 14.8 Å². The van der Waals surface area contributed by atoms with Crippen LogP contribution in [0.5, 0.6) is 0 Å². The van der Waals surface area contributed by atoms with Crippen LogP contribution in [0.4, 0.5) is 17.6 Å². The summed E-state index contributed by atoms with van der Waals surface area (Å²) < 4.78 is 56.3. The number of nitrogens with one attached hydrogen (secondary N) is 1. The molecule has 2 unspecified atom stereocenters. The SMILES string of the molecule is CNC(CC(F)(F)F)C(O)(CF)c1ccc2ccoc2c1. The zero-order valence-electron chi connectivity index (χ0n) is 11.2. The maximum absolute atomic E-state index is 13.4. The van der Waals surface area contributed by atoms with E-state index in [9.17, 15) is 22.7 Å². The summed E-state index contributed by atoms with van der Waals surface area (Å²) in [5, 5.41) is 13.5. The molecule has 0 bridgehead atoms. The molecular formula is C14H15F4NO2. The van der Waals surface area contributed by atoms with Crippen LogP contribution in [0.2, 0.25) is 0 Å². The fourth-order valence-corrected chi connectivity index (χ4v) is 2.34. The lowest BCUT2D eigenvalue weighted by Gasteiger charge is -2.34. The Hall–Kier alpha value is -1.60. The predicted octanol–water partition coefficient (Wildman–Crippen LogP) is 3.13. The highest BCUT2D eigenvalue weighted by molar-refractivity contribution is 5.77. The van der Waals surface area contributed by atoms with Gasteiger partial charge in [0.2, 0.25) is 0 Å². The van der Waals surface area contributed by atoms with Crippen LogP contribution in [0.25, 0.3) is 11.0 Å². The molecule has 116 valence electrons. The molecule has 0 spiro atoms. The van der Waals surface area contributed by atoms with Crippen LogP contribution in [-0.2, 0) is 5.60 Å². The van der Waals surface area contributed by atoms with Gasteiger partial charge >= 0.3 is 6.18 Å². The molecule has 3 nitrogen and oxygen atoms in total. The average molecular weight is 305 g/mol. The van der Waals surface area contributed by atoms with Crippen molar-refractivity contribution in [3.63, 3.8) is 0 Å². The number of furan rings is 1. The number of aliphatic hydroxyl groups is 1. The third-order valence-electron chi connectivity index (χ3n) is 3.52. The van der Waals surface area contributed by atoms with Crippen molar-refractivity contribution in [2.45, 2.75) is 24.2 Å². The first-order valence-electron chi connectivity index (χ1n) is 6.30. The lowest BCUT2D eigenvalue weighted by Crippen LogP contribution is -2.51. The monoisotopic (exact) mass is 305 g/mol. The number of hydrogen-bond donors (Lipinski definition) is 2. The number of hydrogen-bond acceptors (Lipinski definition) is 3. The van der Waals surface area contributed by atoms with Crippen LogP contribution >= 0.6 is 0 Å². The van der Waals surface area contributed by atoms with Crippen molar-refractivity contribution in [1.82, 2.24) is 5.32 Å². The molecule has 0 aliphatic carbocycles. The minimum Gasteiger partial charge on any atom is -0.464 e. The summed E-state index contributed by atoms with van der Waals surface area (Å²) in [6.45, 7) is -1.35. The van der Waals surface area contributed by atoms with Crippen molar-refractivity contribution in [2.75, 3.05) is 13.7 Å². The van der Waals surface area contributed by atoms with E-state index in [-0.39, 0.29) is 5.56 Å². The largest absolute Gasteiger partial charge is 0.464 e. The number of alkyl halides is 4. The van der Waals surface area contributed by atoms with Crippen molar-refractivity contribution < 1.29 is 27.1 Å². The molecule has 1 aromatic carbocycles. The van der Waals surface area contributed by atoms with Crippen LogP contribution in [0, 0.1) is 0 Å². The van der Waals surface area contributed by atoms with Crippen LogP contribution < -0.4 is 5.32 Å². The number of rotatable bonds is 5. The topological polar surface area (TPSA) is 45.4 Å². The van der Waals surface area contributed by atoms with Crippen molar-refractivity contribution in [3.8, 4) is 0 Å². The molecule has 0 amide bonds. The first-order valence-corrected chi connectivity index (χ1v) is 6.30. The second kappa shape index (κ2) is 5.65. The highest BCUT2D eigenvalue weighted by atomic mass is 19.4. The standard InChI is InChI=1S/C14H15F4NO2/c1-19-12(7-14(16,17)18)13(20,8-15)10-3-2-9-4-5-21-11(9)6-10/h2-6,12,19-20H,7-8H2,1H3. The van der Waals surface area contributed by atoms with Crippen LogP contribution in [0.1, 0.15) is 12.0 Å². The van der Waals surface area contributed by atoms with Crippen molar-refractivity contribution in [1.29, 1.82) is 0 Å². The molecule has 0 fully saturated rings. The van der Waals surface area contributed by atoms with Gasteiger partial charge in [-0.25, -0.2) is 4.39 Å². The highest BCUT2D eigenvalue weighted by Crippen LogP contribution is 2.34. The van der Waals surface area contributed by atoms with Crippen molar-refractivity contribution >= 4 is 11.0 Å². The van der Waals surface area contributed by atoms with Gasteiger partial charge in [0.25, 0.3) is 0 Å². The van der Waals surface area contributed by atoms with Gasteiger partial charge in [-0.1, -0.05) is 12.1 Å². The number of benzene rings is 1. The molecule has 0 aliphatic heterocycles. The van der Waals surface area contributed by atoms with Gasteiger partial charge in [0.05, 0.1) is 18.7 Å². The fraction of sp³-hybridized carbons (Fsp3) is 0.429. The van der Waals surface area contributed by atoms with E-state index in [0.29, 0.717) is 5.58 Å². The van der Waals surface area contributed by atoms with E-state index < -0.39 is 30.9 Å². The Bertz CT molecular complexity index is 610. The summed E-state index contributed by atoms with van der Waals surface area (Å²) in [6.07, 6.45) is -4.46. The minimum atomic E-state index is -4.52. The lowest BCUT2D eigenvalue weighted by atomic mass is 9.85. The third kappa shape index (κ3) is 3.19. The Balaban J connectivity index is 2.42. The summed E-state index contributed by atoms with van der Waals surface area (Å²) in [5.74, 6) is 0. The van der Waals surface area contributed by atoms with Gasteiger partial charge in [0.1, 0.15) is 17.9 Å². The Morgan fingerprint density at radius 1 is 1.29 bits per heavy atom. The Morgan fingerprint density at radius 3 is 2.57 bits per heavy atom. The smallest absolute Gasteiger partial charge is 0.390 e. The molecular weight excluding hydrogens is 290 g/mol. The summed E-state index contributed by atoms with van der Waals surface area (Å²) in [6, 6.07) is 4.48. The van der Waals surface area contributed by atoms with E-state index in [1.807, 2.05) is 0 Å². The van der Waals surface area contributed by atoms with Gasteiger partial charge in [-0.2, -0.15) is 13.2 Å². The summed E-state index contributed by atoms with van der Waals surface area (Å²) in [5.41, 5.74) is -1.87. The van der Waals surface area contributed by atoms with Crippen molar-refractivity contribution in [3.05, 3.63) is 36.1 Å². The van der Waals surface area contributed by atoms with Crippen LogP contribution in [0.15, 0.2) is 34.9 Å². The molecule has 2 aromatic rings. The molecule has 0 saturated heterocycles. The minimum absolute atomic E-state index is 0.0380. The van der Waals surface area contributed by atoms with Gasteiger partial charge in [-0.3, -0.25) is 0 Å². The van der Waals surface area contributed by atoms with Gasteiger partial charge in [0.15, 0.2) is 0 Å². The Kier molecular flexibility index (Phi) is 4.25. The van der Waals surface area contributed by atoms with E-state index in [4.69, 9.17) is 4.42 Å². The molecule has 2 N–H and O–H groups in total. The maximum atomic E-state index is 13.4.